The predicted molar refractivity (Wildman–Crippen MR) is 78.8 cm³/mol. The van der Waals surface area contributed by atoms with Gasteiger partial charge >= 0.3 is 0 Å². The van der Waals surface area contributed by atoms with E-state index in [1.165, 1.54) is 23.1 Å². The smallest absolute Gasteiger partial charge is 0.0314 e. The standard InChI is InChI=1S/C17H21N/c1-3-4-14-5-7-15(8-6-14)13(2)16-9-11-17(18)12-10-16/h5-13H,3-4,18H2,1-2H3. The molecule has 1 atom stereocenters. The van der Waals surface area contributed by atoms with E-state index in [4.69, 9.17) is 5.73 Å². The van der Waals surface area contributed by atoms with E-state index in [-0.39, 0.29) is 0 Å². The predicted octanol–water partition coefficient (Wildman–Crippen LogP) is 4.37. The summed E-state index contributed by atoms with van der Waals surface area (Å²) in [6.45, 7) is 4.45. The average molecular weight is 239 g/mol. The fourth-order valence-corrected chi connectivity index (χ4v) is 2.24. The monoisotopic (exact) mass is 239 g/mol. The summed E-state index contributed by atoms with van der Waals surface area (Å²) in [6, 6.07) is 17.1. The van der Waals surface area contributed by atoms with E-state index in [0.29, 0.717) is 5.92 Å². The number of benzene rings is 2. The topological polar surface area (TPSA) is 26.0 Å². The zero-order valence-corrected chi connectivity index (χ0v) is 11.2. The highest BCUT2D eigenvalue weighted by Crippen LogP contribution is 2.25. The normalized spacial score (nSPS) is 12.3. The largest absolute Gasteiger partial charge is 0.399 e. The third kappa shape index (κ3) is 2.92. The Morgan fingerprint density at radius 2 is 1.39 bits per heavy atom. The van der Waals surface area contributed by atoms with Gasteiger partial charge in [-0.05, 0) is 35.2 Å². The highest BCUT2D eigenvalue weighted by atomic mass is 14.5. The first-order valence-corrected chi connectivity index (χ1v) is 6.65. The van der Waals surface area contributed by atoms with E-state index in [1.807, 2.05) is 12.1 Å². The minimum atomic E-state index is 0.418. The molecule has 0 bridgehead atoms. The van der Waals surface area contributed by atoms with Crippen LogP contribution in [0.15, 0.2) is 48.5 Å². The van der Waals surface area contributed by atoms with Gasteiger partial charge in [0.2, 0.25) is 0 Å². The zero-order valence-electron chi connectivity index (χ0n) is 11.2. The number of aryl methyl sites for hydroxylation is 1. The van der Waals surface area contributed by atoms with Crippen LogP contribution in [0.1, 0.15) is 42.9 Å². The van der Waals surface area contributed by atoms with Crippen LogP contribution in [0.5, 0.6) is 0 Å². The molecule has 0 saturated carbocycles. The molecule has 1 unspecified atom stereocenters. The Kier molecular flexibility index (Phi) is 4.03. The Balaban J connectivity index is 2.17. The van der Waals surface area contributed by atoms with Crippen LogP contribution >= 0.6 is 0 Å². The molecule has 2 aromatic rings. The molecular weight excluding hydrogens is 218 g/mol. The van der Waals surface area contributed by atoms with Gasteiger partial charge in [-0.15, -0.1) is 0 Å². The maximum absolute atomic E-state index is 5.72. The van der Waals surface area contributed by atoms with E-state index in [9.17, 15) is 0 Å². The fourth-order valence-electron chi connectivity index (χ4n) is 2.24. The van der Waals surface area contributed by atoms with Crippen LogP contribution in [-0.4, -0.2) is 0 Å². The van der Waals surface area contributed by atoms with Crippen LogP contribution < -0.4 is 5.73 Å². The molecule has 94 valence electrons. The minimum absolute atomic E-state index is 0.418. The van der Waals surface area contributed by atoms with Crippen molar-refractivity contribution in [2.75, 3.05) is 5.73 Å². The third-order valence-corrected chi connectivity index (χ3v) is 3.45. The molecule has 0 spiro atoms. The van der Waals surface area contributed by atoms with Crippen molar-refractivity contribution in [2.45, 2.75) is 32.6 Å². The van der Waals surface area contributed by atoms with E-state index < -0.39 is 0 Å². The van der Waals surface area contributed by atoms with E-state index in [1.54, 1.807) is 0 Å². The number of hydrogen-bond donors (Lipinski definition) is 1. The summed E-state index contributed by atoms with van der Waals surface area (Å²) in [6.07, 6.45) is 2.36. The quantitative estimate of drug-likeness (QED) is 0.788. The SMILES string of the molecule is CCCc1ccc(C(C)c2ccc(N)cc2)cc1. The van der Waals surface area contributed by atoms with Crippen LogP contribution in [0.3, 0.4) is 0 Å². The van der Waals surface area contributed by atoms with Crippen LogP contribution in [-0.2, 0) is 6.42 Å². The molecule has 0 aliphatic carbocycles. The molecule has 1 nitrogen and oxygen atoms in total. The average Bonchev–Trinajstić information content (AvgIpc) is 2.40. The molecule has 2 rings (SSSR count). The molecule has 0 aliphatic heterocycles. The molecule has 0 heterocycles. The van der Waals surface area contributed by atoms with Gasteiger partial charge in [0.25, 0.3) is 0 Å². The summed E-state index contributed by atoms with van der Waals surface area (Å²) in [5, 5.41) is 0. The number of rotatable bonds is 4. The van der Waals surface area contributed by atoms with Crippen molar-refractivity contribution in [1.82, 2.24) is 0 Å². The third-order valence-electron chi connectivity index (χ3n) is 3.45. The Bertz CT molecular complexity index is 482. The summed E-state index contributed by atoms with van der Waals surface area (Å²) in [4.78, 5) is 0. The van der Waals surface area contributed by atoms with Crippen molar-refractivity contribution in [3.63, 3.8) is 0 Å². The molecule has 1 heteroatoms. The summed E-state index contributed by atoms with van der Waals surface area (Å²) in [5.41, 5.74) is 10.6. The van der Waals surface area contributed by atoms with Crippen molar-refractivity contribution in [3.05, 3.63) is 65.2 Å². The number of nitrogen functional groups attached to an aromatic ring is 1. The fraction of sp³-hybridized carbons (Fsp3) is 0.294. The maximum Gasteiger partial charge on any atom is 0.0314 e. The van der Waals surface area contributed by atoms with Gasteiger partial charge in [0, 0.05) is 11.6 Å². The van der Waals surface area contributed by atoms with Crippen molar-refractivity contribution >= 4 is 5.69 Å². The van der Waals surface area contributed by atoms with Crippen molar-refractivity contribution in [1.29, 1.82) is 0 Å². The highest BCUT2D eigenvalue weighted by molar-refractivity contribution is 5.42. The molecular formula is C17H21N. The van der Waals surface area contributed by atoms with Crippen molar-refractivity contribution < 1.29 is 0 Å². The molecule has 18 heavy (non-hydrogen) atoms. The van der Waals surface area contributed by atoms with E-state index in [2.05, 4.69) is 50.2 Å². The highest BCUT2D eigenvalue weighted by Gasteiger charge is 2.07. The van der Waals surface area contributed by atoms with Crippen molar-refractivity contribution in [2.24, 2.45) is 0 Å². The second-order valence-corrected chi connectivity index (χ2v) is 4.88. The van der Waals surface area contributed by atoms with Gasteiger partial charge in [0.1, 0.15) is 0 Å². The lowest BCUT2D eigenvalue weighted by Gasteiger charge is -2.13. The summed E-state index contributed by atoms with van der Waals surface area (Å²) >= 11 is 0. The van der Waals surface area contributed by atoms with Gasteiger partial charge in [-0.25, -0.2) is 0 Å². The Hall–Kier alpha value is -1.76. The minimum Gasteiger partial charge on any atom is -0.399 e. The molecule has 2 N–H and O–H groups in total. The van der Waals surface area contributed by atoms with Crippen molar-refractivity contribution in [3.8, 4) is 0 Å². The lowest BCUT2D eigenvalue weighted by molar-refractivity contribution is 0.901. The Labute approximate surface area is 110 Å². The molecule has 0 radical (unpaired) electrons. The number of hydrogen-bond acceptors (Lipinski definition) is 1. The second-order valence-electron chi connectivity index (χ2n) is 4.88. The van der Waals surface area contributed by atoms with E-state index >= 15 is 0 Å². The van der Waals surface area contributed by atoms with Crippen LogP contribution in [0.2, 0.25) is 0 Å². The van der Waals surface area contributed by atoms with Gasteiger partial charge in [-0.2, -0.15) is 0 Å². The lowest BCUT2D eigenvalue weighted by Crippen LogP contribution is -1.97. The molecule has 0 saturated heterocycles. The molecule has 0 aliphatic rings. The number of anilines is 1. The molecule has 2 aromatic carbocycles. The van der Waals surface area contributed by atoms with Crippen LogP contribution in [0.4, 0.5) is 5.69 Å². The summed E-state index contributed by atoms with van der Waals surface area (Å²) in [7, 11) is 0. The zero-order chi connectivity index (χ0) is 13.0. The van der Waals surface area contributed by atoms with Gasteiger partial charge < -0.3 is 5.73 Å². The maximum atomic E-state index is 5.72. The van der Waals surface area contributed by atoms with Gasteiger partial charge in [0.15, 0.2) is 0 Å². The van der Waals surface area contributed by atoms with Gasteiger partial charge in [-0.3, -0.25) is 0 Å². The number of nitrogens with two attached hydrogens (primary N) is 1. The van der Waals surface area contributed by atoms with Crippen LogP contribution in [0.25, 0.3) is 0 Å². The first-order valence-electron chi connectivity index (χ1n) is 6.65. The van der Waals surface area contributed by atoms with Gasteiger partial charge in [-0.1, -0.05) is 56.7 Å². The Morgan fingerprint density at radius 3 is 1.89 bits per heavy atom. The lowest BCUT2D eigenvalue weighted by atomic mass is 9.92. The van der Waals surface area contributed by atoms with E-state index in [0.717, 1.165) is 12.1 Å². The van der Waals surface area contributed by atoms with Gasteiger partial charge in [0.05, 0.1) is 0 Å². The molecule has 0 fully saturated rings. The molecule has 0 aromatic heterocycles. The summed E-state index contributed by atoms with van der Waals surface area (Å²) < 4.78 is 0. The summed E-state index contributed by atoms with van der Waals surface area (Å²) in [5.74, 6) is 0.418. The first-order chi connectivity index (χ1) is 8.70. The first kappa shape index (κ1) is 12.7. The second kappa shape index (κ2) is 5.72. The van der Waals surface area contributed by atoms with Crippen LogP contribution in [0, 0.1) is 0 Å². The molecule has 0 amide bonds. The Morgan fingerprint density at radius 1 is 0.889 bits per heavy atom.